The topological polar surface area (TPSA) is 72.5 Å². The van der Waals surface area contributed by atoms with E-state index in [1.54, 1.807) is 13.3 Å². The van der Waals surface area contributed by atoms with E-state index in [0.717, 1.165) is 17.2 Å². The van der Waals surface area contributed by atoms with Gasteiger partial charge in [-0.2, -0.15) is 0 Å². The van der Waals surface area contributed by atoms with Crippen LogP contribution in [0.5, 0.6) is 11.5 Å². The van der Waals surface area contributed by atoms with Crippen LogP contribution in [0.2, 0.25) is 0 Å². The quantitative estimate of drug-likeness (QED) is 0.695. The predicted molar refractivity (Wildman–Crippen MR) is 106 cm³/mol. The zero-order valence-electron chi connectivity index (χ0n) is 15.7. The minimum absolute atomic E-state index is 0.194. The molecule has 1 aromatic carbocycles. The Kier molecular flexibility index (Phi) is 6.90. The zero-order chi connectivity index (χ0) is 18.9. The molecule has 6 nitrogen and oxygen atoms in total. The first-order valence-electron chi connectivity index (χ1n) is 9.52. The molecule has 0 bridgehead atoms. The molecule has 1 saturated carbocycles. The summed E-state index contributed by atoms with van der Waals surface area (Å²) in [5.74, 6) is 1.32. The third-order valence-electron chi connectivity index (χ3n) is 4.68. The molecule has 0 radical (unpaired) electrons. The number of nitrogens with one attached hydrogen (secondary N) is 2. The lowest BCUT2D eigenvalue weighted by atomic mass is 9.95. The lowest BCUT2D eigenvalue weighted by molar-refractivity contribution is 0.0942. The molecule has 27 heavy (non-hydrogen) atoms. The Balaban J connectivity index is 1.43. The van der Waals surface area contributed by atoms with Crippen LogP contribution in [0, 0.1) is 0 Å². The number of benzene rings is 1. The van der Waals surface area contributed by atoms with Crippen LogP contribution in [-0.4, -0.2) is 37.2 Å². The SMILES string of the molecule is COc1ccc(OCCNC(=O)c2cc(NC3CCCCC3)ccn2)cc1. The molecule has 0 aliphatic heterocycles. The van der Waals surface area contributed by atoms with E-state index in [2.05, 4.69) is 15.6 Å². The standard InChI is InChI=1S/C21H27N3O3/c1-26-18-7-9-19(10-8-18)27-14-13-23-21(25)20-15-17(11-12-22-20)24-16-5-3-2-4-6-16/h7-12,15-16H,2-6,13-14H2,1H3,(H,22,24)(H,23,25). The highest BCUT2D eigenvalue weighted by atomic mass is 16.5. The van der Waals surface area contributed by atoms with Crippen LogP contribution in [0.3, 0.4) is 0 Å². The van der Waals surface area contributed by atoms with Gasteiger partial charge in [-0.1, -0.05) is 19.3 Å². The van der Waals surface area contributed by atoms with Crippen molar-refractivity contribution < 1.29 is 14.3 Å². The van der Waals surface area contributed by atoms with Crippen molar-refractivity contribution in [2.45, 2.75) is 38.1 Å². The van der Waals surface area contributed by atoms with Gasteiger partial charge in [0.15, 0.2) is 0 Å². The second-order valence-corrected chi connectivity index (χ2v) is 6.69. The third kappa shape index (κ3) is 5.88. The first-order chi connectivity index (χ1) is 13.2. The first kappa shape index (κ1) is 19.0. The summed E-state index contributed by atoms with van der Waals surface area (Å²) < 4.78 is 10.7. The molecular weight excluding hydrogens is 342 g/mol. The molecule has 0 spiro atoms. The van der Waals surface area contributed by atoms with Crippen molar-refractivity contribution in [1.29, 1.82) is 0 Å². The number of ether oxygens (including phenoxy) is 2. The van der Waals surface area contributed by atoms with Gasteiger partial charge in [0.1, 0.15) is 23.8 Å². The Labute approximate surface area is 160 Å². The molecule has 1 aliphatic rings. The summed E-state index contributed by atoms with van der Waals surface area (Å²) >= 11 is 0. The molecule has 0 atom stereocenters. The number of carbonyl (C=O) groups is 1. The van der Waals surface area contributed by atoms with Crippen molar-refractivity contribution >= 4 is 11.6 Å². The second-order valence-electron chi connectivity index (χ2n) is 6.69. The number of hydrogen-bond donors (Lipinski definition) is 2. The second kappa shape index (κ2) is 9.80. The number of amides is 1. The van der Waals surface area contributed by atoms with E-state index in [4.69, 9.17) is 9.47 Å². The van der Waals surface area contributed by atoms with Gasteiger partial charge in [-0.15, -0.1) is 0 Å². The number of nitrogens with zero attached hydrogens (tertiary/aromatic N) is 1. The Morgan fingerprint density at radius 1 is 1.11 bits per heavy atom. The van der Waals surface area contributed by atoms with Crippen LogP contribution >= 0.6 is 0 Å². The highest BCUT2D eigenvalue weighted by Gasteiger charge is 2.14. The van der Waals surface area contributed by atoms with E-state index in [9.17, 15) is 4.79 Å². The predicted octanol–water partition coefficient (Wildman–Crippen LogP) is 3.64. The maximum Gasteiger partial charge on any atom is 0.270 e. The highest BCUT2D eigenvalue weighted by molar-refractivity contribution is 5.93. The molecule has 1 fully saturated rings. The molecule has 144 valence electrons. The fourth-order valence-electron chi connectivity index (χ4n) is 3.22. The maximum atomic E-state index is 12.3. The average Bonchev–Trinajstić information content (AvgIpc) is 2.72. The fraction of sp³-hybridized carbons (Fsp3) is 0.429. The van der Waals surface area contributed by atoms with Gasteiger partial charge in [0.2, 0.25) is 0 Å². The monoisotopic (exact) mass is 369 g/mol. The Bertz CT molecular complexity index is 728. The van der Waals surface area contributed by atoms with Gasteiger partial charge in [-0.05, 0) is 49.2 Å². The van der Waals surface area contributed by atoms with E-state index in [-0.39, 0.29) is 5.91 Å². The van der Waals surface area contributed by atoms with Crippen molar-refractivity contribution in [3.8, 4) is 11.5 Å². The molecule has 0 saturated heterocycles. The van der Waals surface area contributed by atoms with E-state index in [0.29, 0.717) is 24.9 Å². The van der Waals surface area contributed by atoms with Crippen LogP contribution in [-0.2, 0) is 0 Å². The third-order valence-corrected chi connectivity index (χ3v) is 4.68. The van der Waals surface area contributed by atoms with E-state index < -0.39 is 0 Å². The van der Waals surface area contributed by atoms with Crippen LogP contribution in [0.1, 0.15) is 42.6 Å². The van der Waals surface area contributed by atoms with Gasteiger partial charge in [-0.3, -0.25) is 9.78 Å². The van der Waals surface area contributed by atoms with Gasteiger partial charge in [0.25, 0.3) is 5.91 Å². The summed E-state index contributed by atoms with van der Waals surface area (Å²) in [4.78, 5) is 16.5. The molecule has 1 amide bonds. The van der Waals surface area contributed by atoms with Gasteiger partial charge in [-0.25, -0.2) is 0 Å². The highest BCUT2D eigenvalue weighted by Crippen LogP contribution is 2.21. The number of methoxy groups -OCH3 is 1. The average molecular weight is 369 g/mol. The zero-order valence-corrected chi connectivity index (χ0v) is 15.7. The molecular formula is C21H27N3O3. The van der Waals surface area contributed by atoms with E-state index in [1.165, 1.54) is 32.1 Å². The fourth-order valence-corrected chi connectivity index (χ4v) is 3.22. The molecule has 0 unspecified atom stereocenters. The van der Waals surface area contributed by atoms with Crippen LogP contribution in [0.25, 0.3) is 0 Å². The van der Waals surface area contributed by atoms with Gasteiger partial charge in [0, 0.05) is 17.9 Å². The molecule has 1 heterocycles. The van der Waals surface area contributed by atoms with Crippen molar-refractivity contribution in [2.24, 2.45) is 0 Å². The summed E-state index contributed by atoms with van der Waals surface area (Å²) in [6, 6.07) is 11.6. The first-order valence-corrected chi connectivity index (χ1v) is 9.52. The van der Waals surface area contributed by atoms with Gasteiger partial charge >= 0.3 is 0 Å². The number of hydrogen-bond acceptors (Lipinski definition) is 5. The summed E-state index contributed by atoms with van der Waals surface area (Å²) in [5.41, 5.74) is 1.37. The number of rotatable bonds is 8. The van der Waals surface area contributed by atoms with Crippen molar-refractivity contribution in [3.05, 3.63) is 48.3 Å². The summed E-state index contributed by atoms with van der Waals surface area (Å²) in [5, 5.41) is 6.36. The molecule has 1 aliphatic carbocycles. The number of aromatic nitrogens is 1. The number of carbonyl (C=O) groups excluding carboxylic acids is 1. The molecule has 2 aromatic rings. The Morgan fingerprint density at radius 2 is 1.85 bits per heavy atom. The van der Waals surface area contributed by atoms with Crippen molar-refractivity contribution in [1.82, 2.24) is 10.3 Å². The lowest BCUT2D eigenvalue weighted by Gasteiger charge is -2.23. The summed E-state index contributed by atoms with van der Waals surface area (Å²) in [6.45, 7) is 0.797. The molecule has 6 heteroatoms. The number of pyridine rings is 1. The largest absolute Gasteiger partial charge is 0.497 e. The maximum absolute atomic E-state index is 12.3. The lowest BCUT2D eigenvalue weighted by Crippen LogP contribution is -2.29. The molecule has 3 rings (SSSR count). The normalized spacial score (nSPS) is 14.4. The van der Waals surface area contributed by atoms with Crippen LogP contribution < -0.4 is 20.1 Å². The minimum Gasteiger partial charge on any atom is -0.497 e. The minimum atomic E-state index is -0.194. The van der Waals surface area contributed by atoms with Crippen LogP contribution in [0.4, 0.5) is 5.69 Å². The number of anilines is 1. The van der Waals surface area contributed by atoms with Crippen molar-refractivity contribution in [3.63, 3.8) is 0 Å². The van der Waals surface area contributed by atoms with Crippen molar-refractivity contribution in [2.75, 3.05) is 25.6 Å². The Hall–Kier alpha value is -2.76. The molecule has 1 aromatic heterocycles. The van der Waals surface area contributed by atoms with Gasteiger partial charge < -0.3 is 20.1 Å². The summed E-state index contributed by atoms with van der Waals surface area (Å²) in [7, 11) is 1.62. The smallest absolute Gasteiger partial charge is 0.270 e. The Morgan fingerprint density at radius 3 is 2.59 bits per heavy atom. The van der Waals surface area contributed by atoms with E-state index >= 15 is 0 Å². The van der Waals surface area contributed by atoms with Gasteiger partial charge in [0.05, 0.1) is 13.7 Å². The molecule has 2 N–H and O–H groups in total. The summed E-state index contributed by atoms with van der Waals surface area (Å²) in [6.07, 6.45) is 7.91. The van der Waals surface area contributed by atoms with Crippen LogP contribution in [0.15, 0.2) is 42.6 Å². The van der Waals surface area contributed by atoms with E-state index in [1.807, 2.05) is 36.4 Å².